The molecule has 0 radical (unpaired) electrons. The Morgan fingerprint density at radius 1 is 0.974 bits per heavy atom. The van der Waals surface area contributed by atoms with Crippen LogP contribution < -0.4 is 5.56 Å². The summed E-state index contributed by atoms with van der Waals surface area (Å²) in [6, 6.07) is 19.9. The van der Waals surface area contributed by atoms with Crippen LogP contribution >= 0.6 is 0 Å². The quantitative estimate of drug-likeness (QED) is 0.331. The highest BCUT2D eigenvalue weighted by Crippen LogP contribution is 2.32. The Labute approximate surface area is 222 Å². The van der Waals surface area contributed by atoms with Crippen molar-refractivity contribution in [3.05, 3.63) is 117 Å². The average Bonchev–Trinajstić information content (AvgIpc) is 3.37. The molecular formula is C30H33N7O. The average molecular weight is 508 g/mol. The fourth-order valence-electron chi connectivity index (χ4n) is 5.03. The maximum atomic E-state index is 13.8. The first-order valence-corrected chi connectivity index (χ1v) is 12.8. The second kappa shape index (κ2) is 10.3. The number of aryl methyl sites for hydroxylation is 2. The summed E-state index contributed by atoms with van der Waals surface area (Å²) in [6.45, 7) is 11.4. The minimum Gasteiger partial charge on any atom is -0.321 e. The van der Waals surface area contributed by atoms with Crippen LogP contribution in [-0.4, -0.2) is 35.1 Å². The number of aromatic amines is 1. The zero-order valence-electron chi connectivity index (χ0n) is 22.5. The number of nitrogens with zero attached hydrogens (tertiary/aromatic N) is 6. The summed E-state index contributed by atoms with van der Waals surface area (Å²) >= 11 is 0. The van der Waals surface area contributed by atoms with Crippen LogP contribution in [0.15, 0.2) is 77.9 Å². The molecule has 3 aromatic heterocycles. The molecule has 0 saturated carbocycles. The van der Waals surface area contributed by atoms with Crippen molar-refractivity contribution < 1.29 is 0 Å². The number of H-pyrrole nitrogens is 1. The lowest BCUT2D eigenvalue weighted by molar-refractivity contribution is 0.184. The molecule has 0 fully saturated rings. The predicted octanol–water partition coefficient (Wildman–Crippen LogP) is 5.07. The Morgan fingerprint density at radius 3 is 2.42 bits per heavy atom. The Morgan fingerprint density at radius 2 is 1.71 bits per heavy atom. The first kappa shape index (κ1) is 25.5. The molecule has 5 rings (SSSR count). The molecule has 2 aromatic carbocycles. The van der Waals surface area contributed by atoms with Gasteiger partial charge in [-0.2, -0.15) is 0 Å². The highest BCUT2D eigenvalue weighted by molar-refractivity contribution is 5.83. The molecule has 38 heavy (non-hydrogen) atoms. The van der Waals surface area contributed by atoms with Gasteiger partial charge >= 0.3 is 0 Å². The molecule has 0 saturated heterocycles. The van der Waals surface area contributed by atoms with E-state index in [1.165, 1.54) is 0 Å². The van der Waals surface area contributed by atoms with Gasteiger partial charge in [-0.15, -0.1) is 5.10 Å². The molecule has 1 atom stereocenters. The highest BCUT2D eigenvalue weighted by Gasteiger charge is 2.33. The lowest BCUT2D eigenvalue weighted by Crippen LogP contribution is -2.37. The van der Waals surface area contributed by atoms with Gasteiger partial charge < -0.3 is 4.98 Å². The fraction of sp³-hybridized carbons (Fsp3) is 0.300. The Hall–Kier alpha value is -4.17. The Kier molecular flexibility index (Phi) is 6.91. The van der Waals surface area contributed by atoms with Crippen molar-refractivity contribution in [2.24, 2.45) is 0 Å². The van der Waals surface area contributed by atoms with Crippen LogP contribution in [-0.2, 0) is 18.6 Å². The van der Waals surface area contributed by atoms with Gasteiger partial charge in [0.15, 0.2) is 5.82 Å². The summed E-state index contributed by atoms with van der Waals surface area (Å²) in [5.41, 5.74) is 5.25. The standard InChI is InChI=1S/C30H33N7O/c1-20-14-21(2)26-24(15-20)16-25(29(38)32-26)27(28-33-34-35-37(28)30(3,4)5)36(18-22-10-7-6-8-11-22)19-23-12-9-13-31-17-23/h6-17,27H,18-19H2,1-5H3,(H,32,38)/t27-/m1/s1. The lowest BCUT2D eigenvalue weighted by atomic mass is 9.99. The molecule has 8 heteroatoms. The van der Waals surface area contributed by atoms with Gasteiger partial charge in [0.25, 0.3) is 5.56 Å². The largest absolute Gasteiger partial charge is 0.321 e. The number of benzene rings is 2. The van der Waals surface area contributed by atoms with E-state index in [9.17, 15) is 4.79 Å². The van der Waals surface area contributed by atoms with Gasteiger partial charge in [0.2, 0.25) is 0 Å². The number of rotatable bonds is 7. The van der Waals surface area contributed by atoms with Crippen LogP contribution in [0.25, 0.3) is 10.9 Å². The van der Waals surface area contributed by atoms with Crippen molar-refractivity contribution in [2.75, 3.05) is 0 Å². The topological polar surface area (TPSA) is 92.6 Å². The van der Waals surface area contributed by atoms with Gasteiger partial charge in [-0.25, -0.2) is 4.68 Å². The smallest absolute Gasteiger partial charge is 0.253 e. The zero-order valence-corrected chi connectivity index (χ0v) is 22.5. The first-order valence-electron chi connectivity index (χ1n) is 12.8. The molecule has 194 valence electrons. The number of hydrogen-bond acceptors (Lipinski definition) is 6. The maximum absolute atomic E-state index is 13.8. The molecule has 8 nitrogen and oxygen atoms in total. The number of tetrazole rings is 1. The van der Waals surface area contributed by atoms with Crippen LogP contribution in [0.5, 0.6) is 0 Å². The molecule has 1 N–H and O–H groups in total. The minimum atomic E-state index is -0.515. The third-order valence-corrected chi connectivity index (χ3v) is 6.69. The number of hydrogen-bond donors (Lipinski definition) is 1. The van der Waals surface area contributed by atoms with E-state index in [1.54, 1.807) is 6.20 Å². The summed E-state index contributed by atoms with van der Waals surface area (Å²) in [7, 11) is 0. The van der Waals surface area contributed by atoms with Crippen molar-refractivity contribution >= 4 is 10.9 Å². The maximum Gasteiger partial charge on any atom is 0.253 e. The summed E-state index contributed by atoms with van der Waals surface area (Å²) in [4.78, 5) is 23.6. The third kappa shape index (κ3) is 5.26. The molecule has 0 aliphatic heterocycles. The molecule has 0 aliphatic rings. The molecular weight excluding hydrogens is 474 g/mol. The third-order valence-electron chi connectivity index (χ3n) is 6.69. The number of fused-ring (bicyclic) bond motifs is 1. The van der Waals surface area contributed by atoms with Crippen molar-refractivity contribution in [3.63, 3.8) is 0 Å². The van der Waals surface area contributed by atoms with E-state index in [2.05, 4.69) is 82.4 Å². The molecule has 0 aliphatic carbocycles. The van der Waals surface area contributed by atoms with Gasteiger partial charge in [0, 0.05) is 31.0 Å². The number of nitrogens with one attached hydrogen (secondary N) is 1. The van der Waals surface area contributed by atoms with Crippen LogP contribution in [0.3, 0.4) is 0 Å². The van der Waals surface area contributed by atoms with Crippen LogP contribution in [0, 0.1) is 13.8 Å². The normalized spacial score (nSPS) is 12.8. The van der Waals surface area contributed by atoms with E-state index >= 15 is 0 Å². The van der Waals surface area contributed by atoms with Crippen LogP contribution in [0.1, 0.15) is 60.5 Å². The van der Waals surface area contributed by atoms with Gasteiger partial charge in [0.05, 0.1) is 11.1 Å². The Bertz CT molecular complexity index is 1560. The van der Waals surface area contributed by atoms with Crippen molar-refractivity contribution in [2.45, 2.75) is 59.3 Å². The van der Waals surface area contributed by atoms with Gasteiger partial charge in [0.1, 0.15) is 6.04 Å². The second-order valence-electron chi connectivity index (χ2n) is 10.9. The molecule has 0 bridgehead atoms. The van der Waals surface area contributed by atoms with E-state index in [1.807, 2.05) is 54.2 Å². The van der Waals surface area contributed by atoms with Crippen molar-refractivity contribution in [1.29, 1.82) is 0 Å². The molecule has 0 amide bonds. The van der Waals surface area contributed by atoms with E-state index in [-0.39, 0.29) is 11.1 Å². The highest BCUT2D eigenvalue weighted by atomic mass is 16.1. The summed E-state index contributed by atoms with van der Waals surface area (Å²) < 4.78 is 1.82. The lowest BCUT2D eigenvalue weighted by Gasteiger charge is -2.33. The predicted molar refractivity (Wildman–Crippen MR) is 149 cm³/mol. The Balaban J connectivity index is 1.75. The summed E-state index contributed by atoms with van der Waals surface area (Å²) in [6.07, 6.45) is 3.63. The van der Waals surface area contributed by atoms with Crippen molar-refractivity contribution in [3.8, 4) is 0 Å². The van der Waals surface area contributed by atoms with E-state index in [0.717, 1.165) is 33.2 Å². The summed E-state index contributed by atoms with van der Waals surface area (Å²) in [5.74, 6) is 0.617. The molecule has 5 aromatic rings. The van der Waals surface area contributed by atoms with Crippen LogP contribution in [0.2, 0.25) is 0 Å². The van der Waals surface area contributed by atoms with Gasteiger partial charge in [-0.3, -0.25) is 14.7 Å². The monoisotopic (exact) mass is 507 g/mol. The second-order valence-corrected chi connectivity index (χ2v) is 10.9. The molecule has 3 heterocycles. The number of pyridine rings is 2. The van der Waals surface area contributed by atoms with Gasteiger partial charge in [-0.1, -0.05) is 48.0 Å². The molecule has 0 spiro atoms. The van der Waals surface area contributed by atoms with E-state index in [0.29, 0.717) is 24.5 Å². The minimum absolute atomic E-state index is 0.151. The van der Waals surface area contributed by atoms with Crippen molar-refractivity contribution in [1.82, 2.24) is 35.1 Å². The van der Waals surface area contributed by atoms with Gasteiger partial charge in [-0.05, 0) is 85.3 Å². The fourth-order valence-corrected chi connectivity index (χ4v) is 5.03. The molecule has 0 unspecified atom stereocenters. The van der Waals surface area contributed by atoms with E-state index in [4.69, 9.17) is 0 Å². The van der Waals surface area contributed by atoms with Crippen LogP contribution in [0.4, 0.5) is 0 Å². The number of aromatic nitrogens is 6. The zero-order chi connectivity index (χ0) is 26.9. The summed E-state index contributed by atoms with van der Waals surface area (Å²) in [5, 5.41) is 13.9. The SMILES string of the molecule is Cc1cc(C)c2[nH]c(=O)c([C@H](c3nnnn3C(C)(C)C)N(Cc3ccccc3)Cc3cccnc3)cc2c1. The van der Waals surface area contributed by atoms with E-state index < -0.39 is 6.04 Å². The first-order chi connectivity index (χ1) is 18.2.